The van der Waals surface area contributed by atoms with E-state index in [0.717, 1.165) is 11.1 Å². The zero-order valence-electron chi connectivity index (χ0n) is 22.9. The molecule has 1 aromatic heterocycles. The third-order valence-corrected chi connectivity index (χ3v) is 7.13. The molecule has 1 aliphatic heterocycles. The summed E-state index contributed by atoms with van der Waals surface area (Å²) in [6, 6.07) is 13.0. The number of nitrogens with zero attached hydrogens (tertiary/aromatic N) is 2. The van der Waals surface area contributed by atoms with Crippen LogP contribution in [0.4, 0.5) is 5.69 Å². The van der Waals surface area contributed by atoms with Gasteiger partial charge in [-0.2, -0.15) is 0 Å². The molecule has 0 unspecified atom stereocenters. The fourth-order valence-corrected chi connectivity index (χ4v) is 4.22. The highest BCUT2D eigenvalue weighted by molar-refractivity contribution is 6.62. The lowest BCUT2D eigenvalue weighted by Gasteiger charge is -2.32. The number of fused-ring (bicyclic) bond motifs is 1. The van der Waals surface area contributed by atoms with Crippen molar-refractivity contribution in [1.29, 1.82) is 0 Å². The van der Waals surface area contributed by atoms with Gasteiger partial charge in [-0.25, -0.2) is 4.79 Å². The van der Waals surface area contributed by atoms with Crippen LogP contribution in [0.15, 0.2) is 53.5 Å². The van der Waals surface area contributed by atoms with Crippen LogP contribution in [-0.2, 0) is 35.0 Å². The molecule has 0 aliphatic carbocycles. The van der Waals surface area contributed by atoms with E-state index in [9.17, 15) is 14.4 Å². The molecule has 0 saturated carbocycles. The van der Waals surface area contributed by atoms with Gasteiger partial charge in [-0.3, -0.25) is 14.2 Å². The third-order valence-electron chi connectivity index (χ3n) is 7.13. The Bertz CT molecular complexity index is 1430. The maximum Gasteiger partial charge on any atom is 0.495 e. The van der Waals surface area contributed by atoms with E-state index in [4.69, 9.17) is 18.8 Å². The fraction of sp³-hybridized carbons (Fsp3) is 0.393. The monoisotopic (exact) mass is 520 g/mol. The Balaban J connectivity index is 1.80. The van der Waals surface area contributed by atoms with Crippen molar-refractivity contribution in [3.63, 3.8) is 0 Å². The Morgan fingerprint density at radius 2 is 1.68 bits per heavy atom. The highest BCUT2D eigenvalue weighted by Gasteiger charge is 2.52. The summed E-state index contributed by atoms with van der Waals surface area (Å²) in [5.41, 5.74) is 1.29. The Kier molecular flexibility index (Phi) is 7.40. The van der Waals surface area contributed by atoms with Crippen molar-refractivity contribution in [2.24, 2.45) is 0 Å². The van der Waals surface area contributed by atoms with Crippen LogP contribution in [0.5, 0.6) is 0 Å². The van der Waals surface area contributed by atoms with Gasteiger partial charge < -0.3 is 23.7 Å². The van der Waals surface area contributed by atoms with Crippen molar-refractivity contribution in [2.45, 2.75) is 52.4 Å². The van der Waals surface area contributed by atoms with Crippen molar-refractivity contribution in [3.05, 3.63) is 64.6 Å². The molecule has 0 spiro atoms. The highest BCUT2D eigenvalue weighted by atomic mass is 16.7. The van der Waals surface area contributed by atoms with Crippen LogP contribution in [0.2, 0.25) is 0 Å². The summed E-state index contributed by atoms with van der Waals surface area (Å²) < 4.78 is 24.3. The van der Waals surface area contributed by atoms with Gasteiger partial charge in [-0.05, 0) is 68.9 Å². The molecule has 38 heavy (non-hydrogen) atoms. The van der Waals surface area contributed by atoms with Crippen molar-refractivity contribution < 1.29 is 28.4 Å². The zero-order valence-corrected chi connectivity index (χ0v) is 22.9. The minimum Gasteiger partial charge on any atom is -0.458 e. The van der Waals surface area contributed by atoms with E-state index in [1.165, 1.54) is 11.5 Å². The van der Waals surface area contributed by atoms with E-state index in [0.29, 0.717) is 22.1 Å². The van der Waals surface area contributed by atoms with Crippen molar-refractivity contribution >= 4 is 41.0 Å². The molecule has 200 valence electrons. The number of carbonyl (C=O) groups is 2. The predicted octanol–water partition coefficient (Wildman–Crippen LogP) is 2.96. The molecule has 9 nitrogen and oxygen atoms in total. The topological polar surface area (TPSA) is 96.3 Å². The van der Waals surface area contributed by atoms with Gasteiger partial charge in [0, 0.05) is 43.9 Å². The lowest BCUT2D eigenvalue weighted by molar-refractivity contribution is -0.158. The Morgan fingerprint density at radius 3 is 2.32 bits per heavy atom. The first kappa shape index (κ1) is 27.4. The summed E-state index contributed by atoms with van der Waals surface area (Å²) in [6.07, 6.45) is 1.71. The number of esters is 2. The Labute approximate surface area is 222 Å². The summed E-state index contributed by atoms with van der Waals surface area (Å²) in [7, 11) is 3.14. The third kappa shape index (κ3) is 5.32. The molecule has 0 bridgehead atoms. The number of pyridine rings is 1. The summed E-state index contributed by atoms with van der Waals surface area (Å²) in [5, 5.41) is 1.37. The maximum absolute atomic E-state index is 13.6. The predicted molar refractivity (Wildman–Crippen MR) is 146 cm³/mol. The molecule has 10 heteroatoms. The number of anilines is 1. The minimum atomic E-state index is -0.749. The molecule has 0 radical (unpaired) electrons. The van der Waals surface area contributed by atoms with Gasteiger partial charge in [0.05, 0.1) is 16.9 Å². The Morgan fingerprint density at radius 1 is 1.00 bits per heavy atom. The lowest BCUT2D eigenvalue weighted by atomic mass is 9.75. The number of carbonyl (C=O) groups excluding carboxylic acids is 2. The molecular weight excluding hydrogens is 487 g/mol. The van der Waals surface area contributed by atoms with Gasteiger partial charge in [0.25, 0.3) is 5.56 Å². The van der Waals surface area contributed by atoms with Crippen molar-refractivity contribution in [2.75, 3.05) is 25.6 Å². The molecule has 0 N–H and O–H groups in total. The molecule has 0 amide bonds. The lowest BCUT2D eigenvalue weighted by Crippen LogP contribution is -2.41. The largest absolute Gasteiger partial charge is 0.495 e. The van der Waals surface area contributed by atoms with Gasteiger partial charge >= 0.3 is 19.1 Å². The van der Waals surface area contributed by atoms with Crippen LogP contribution in [0.25, 0.3) is 16.5 Å². The van der Waals surface area contributed by atoms with Crippen LogP contribution < -0.4 is 15.9 Å². The zero-order chi connectivity index (χ0) is 27.8. The van der Waals surface area contributed by atoms with Gasteiger partial charge in [0.2, 0.25) is 0 Å². The van der Waals surface area contributed by atoms with Crippen LogP contribution in [0.3, 0.4) is 0 Å². The van der Waals surface area contributed by atoms with E-state index in [2.05, 4.69) is 0 Å². The first-order valence-corrected chi connectivity index (χ1v) is 12.4. The first-order chi connectivity index (χ1) is 17.8. The van der Waals surface area contributed by atoms with E-state index in [1.54, 1.807) is 18.3 Å². The number of aromatic nitrogens is 1. The first-order valence-electron chi connectivity index (χ1n) is 12.4. The second-order valence-corrected chi connectivity index (χ2v) is 10.5. The van der Waals surface area contributed by atoms with Crippen LogP contribution in [-0.4, -0.2) is 55.5 Å². The van der Waals surface area contributed by atoms with E-state index in [-0.39, 0.29) is 12.2 Å². The second kappa shape index (κ2) is 10.3. The molecule has 1 saturated heterocycles. The second-order valence-electron chi connectivity index (χ2n) is 10.5. The minimum absolute atomic E-state index is 0.181. The van der Waals surface area contributed by atoms with Crippen LogP contribution in [0, 0.1) is 0 Å². The van der Waals surface area contributed by atoms with E-state index >= 15 is 0 Å². The number of ether oxygens (including phenoxy) is 2. The summed E-state index contributed by atoms with van der Waals surface area (Å²) in [6.45, 7) is 8.33. The fourth-order valence-electron chi connectivity index (χ4n) is 4.22. The molecule has 2 heterocycles. The standard InChI is InChI=1S/C28H33BN2O7/c1-18(32)35-17-25(33)36-16-22-23(29-37-27(2,3)28(4,5)38-29)9-8-10-24(22)31-14-13-19-15-20(30(6)7)11-12-21(19)26(31)34/h8-15H,16-17H2,1-7H3. The maximum atomic E-state index is 13.6. The molecule has 0 atom stereocenters. The molecule has 2 aromatic carbocycles. The average Bonchev–Trinajstić information content (AvgIpc) is 3.07. The molecule has 1 aliphatic rings. The van der Waals surface area contributed by atoms with Gasteiger partial charge in [0.1, 0.15) is 6.61 Å². The molecule has 3 aromatic rings. The van der Waals surface area contributed by atoms with Gasteiger partial charge in [-0.15, -0.1) is 0 Å². The van der Waals surface area contributed by atoms with Crippen molar-refractivity contribution in [1.82, 2.24) is 4.57 Å². The normalized spacial score (nSPS) is 15.9. The van der Waals surface area contributed by atoms with E-state index in [1.807, 2.05) is 77.0 Å². The smallest absolute Gasteiger partial charge is 0.458 e. The van der Waals surface area contributed by atoms with E-state index < -0.39 is 36.9 Å². The van der Waals surface area contributed by atoms with Gasteiger partial charge in [0.15, 0.2) is 6.61 Å². The molecule has 4 rings (SSSR count). The number of hydrogen-bond donors (Lipinski definition) is 0. The number of benzene rings is 2. The van der Waals surface area contributed by atoms with Gasteiger partial charge in [-0.1, -0.05) is 12.1 Å². The highest BCUT2D eigenvalue weighted by Crippen LogP contribution is 2.37. The van der Waals surface area contributed by atoms with Crippen LogP contribution >= 0.6 is 0 Å². The summed E-state index contributed by atoms with van der Waals surface area (Å²) >= 11 is 0. The average molecular weight is 520 g/mol. The summed E-state index contributed by atoms with van der Waals surface area (Å²) in [4.78, 5) is 39.0. The van der Waals surface area contributed by atoms with Crippen molar-refractivity contribution in [3.8, 4) is 5.69 Å². The summed E-state index contributed by atoms with van der Waals surface area (Å²) in [5.74, 6) is -1.29. The number of rotatable bonds is 7. The number of hydrogen-bond acceptors (Lipinski definition) is 8. The Hall–Kier alpha value is -3.63. The quantitative estimate of drug-likeness (QED) is 0.347. The molecular formula is C28H33BN2O7. The SMILES string of the molecule is CC(=O)OCC(=O)OCc1c(B2OC(C)(C)C(C)(C)O2)cccc1-n1ccc2cc(N(C)C)ccc2c1=O. The molecule has 1 fully saturated rings. The van der Waals surface area contributed by atoms with Crippen LogP contribution in [0.1, 0.15) is 40.2 Å².